The van der Waals surface area contributed by atoms with Gasteiger partial charge >= 0.3 is 0 Å². The van der Waals surface area contributed by atoms with Gasteiger partial charge in [0.15, 0.2) is 21.4 Å². The van der Waals surface area contributed by atoms with E-state index in [0.717, 1.165) is 6.26 Å². The smallest absolute Gasteiger partial charge is 0.255 e. The van der Waals surface area contributed by atoms with Crippen molar-refractivity contribution >= 4 is 55.7 Å². The van der Waals surface area contributed by atoms with Gasteiger partial charge in [0.1, 0.15) is 22.8 Å². The standard InChI is InChI=1S/C21H20INO8S/c1-32(30,31)6-9-4-11(22)10-3-7-2-8-5-12(24)16(21(23)29)20(28)14(8)18(26)13(7)19(27)15(10)17(9)25/h4,7-8,14,25,27-28H,2-3,5-6H2,1H3,(H2,23,29). The van der Waals surface area contributed by atoms with Crippen molar-refractivity contribution in [2.45, 2.75) is 25.0 Å². The van der Waals surface area contributed by atoms with Crippen molar-refractivity contribution in [2.75, 3.05) is 6.26 Å². The number of hydrogen-bond acceptors (Lipinski definition) is 8. The molecule has 0 aromatic heterocycles. The van der Waals surface area contributed by atoms with E-state index in [9.17, 15) is 38.1 Å². The molecule has 0 aliphatic heterocycles. The quantitative estimate of drug-likeness (QED) is 0.311. The molecule has 11 heteroatoms. The number of ketones is 2. The molecule has 3 atom stereocenters. The number of aliphatic hydroxyl groups is 2. The summed E-state index contributed by atoms with van der Waals surface area (Å²) in [6.07, 6.45) is 1.49. The number of phenols is 1. The Hall–Kier alpha value is -2.41. The molecule has 32 heavy (non-hydrogen) atoms. The lowest BCUT2D eigenvalue weighted by Crippen LogP contribution is -2.44. The van der Waals surface area contributed by atoms with Gasteiger partial charge < -0.3 is 21.1 Å². The van der Waals surface area contributed by atoms with Crippen LogP contribution in [-0.2, 0) is 36.4 Å². The molecule has 0 spiro atoms. The number of amides is 1. The van der Waals surface area contributed by atoms with E-state index >= 15 is 0 Å². The van der Waals surface area contributed by atoms with Crippen LogP contribution >= 0.6 is 22.6 Å². The molecule has 1 fully saturated rings. The second-order valence-corrected chi connectivity index (χ2v) is 11.8. The number of phenolic OH excluding ortho intramolecular Hbond substituents is 1. The lowest BCUT2D eigenvalue weighted by Gasteiger charge is -2.41. The third-order valence-corrected chi connectivity index (χ3v) is 8.13. The van der Waals surface area contributed by atoms with Crippen molar-refractivity contribution in [2.24, 2.45) is 23.5 Å². The number of aliphatic hydroxyl groups excluding tert-OH is 2. The van der Waals surface area contributed by atoms with Crippen molar-refractivity contribution < 1.29 is 38.1 Å². The number of fused-ring (bicyclic) bond motifs is 3. The largest absolute Gasteiger partial charge is 0.511 e. The van der Waals surface area contributed by atoms with Gasteiger partial charge in [-0.25, -0.2) is 8.42 Å². The van der Waals surface area contributed by atoms with Crippen LogP contribution in [0.15, 0.2) is 23.0 Å². The van der Waals surface area contributed by atoms with Crippen molar-refractivity contribution in [3.8, 4) is 5.75 Å². The number of carbonyl (C=O) groups excluding carboxylic acids is 3. The van der Waals surface area contributed by atoms with Crippen LogP contribution < -0.4 is 5.73 Å². The molecule has 5 N–H and O–H groups in total. The van der Waals surface area contributed by atoms with Gasteiger partial charge in [-0.05, 0) is 58.9 Å². The van der Waals surface area contributed by atoms with Gasteiger partial charge in [0.05, 0.1) is 17.2 Å². The SMILES string of the molecule is CS(=O)(=O)Cc1cc(I)c2c(c1O)C(O)=C1C(=O)C3C(O)=C(C(N)=O)C(=O)CC3CC1C2. The summed E-state index contributed by atoms with van der Waals surface area (Å²) in [5, 5.41) is 32.3. The Morgan fingerprint density at radius 3 is 2.47 bits per heavy atom. The normalized spacial score (nSPS) is 25.4. The summed E-state index contributed by atoms with van der Waals surface area (Å²) in [7, 11) is -3.48. The van der Waals surface area contributed by atoms with Gasteiger partial charge in [0, 0.05) is 27.4 Å². The Balaban J connectivity index is 1.89. The summed E-state index contributed by atoms with van der Waals surface area (Å²) in [5.41, 5.74) is 5.29. The molecule has 0 radical (unpaired) electrons. The highest BCUT2D eigenvalue weighted by atomic mass is 127. The maximum absolute atomic E-state index is 13.4. The fourth-order valence-electron chi connectivity index (χ4n) is 5.11. The molecule has 0 saturated heterocycles. The maximum atomic E-state index is 13.4. The third kappa shape index (κ3) is 3.51. The first-order valence-corrected chi connectivity index (χ1v) is 12.9. The monoisotopic (exact) mass is 573 g/mol. The van der Waals surface area contributed by atoms with Gasteiger partial charge in [-0.15, -0.1) is 0 Å². The number of allylic oxidation sites excluding steroid dienone is 2. The van der Waals surface area contributed by atoms with E-state index in [1.165, 1.54) is 0 Å². The number of Topliss-reactive ketones (excluding diaryl/α,β-unsaturated/α-hetero) is 2. The fraction of sp³-hybridized carbons (Fsp3) is 0.381. The molecular formula is C21H20INO8S. The molecule has 9 nitrogen and oxygen atoms in total. The molecule has 1 aromatic carbocycles. The zero-order chi connectivity index (χ0) is 23.7. The maximum Gasteiger partial charge on any atom is 0.255 e. The molecule has 3 aliphatic carbocycles. The average molecular weight is 573 g/mol. The highest BCUT2D eigenvalue weighted by molar-refractivity contribution is 14.1. The number of rotatable bonds is 3. The number of primary amides is 1. The third-order valence-electron chi connectivity index (χ3n) is 6.33. The van der Waals surface area contributed by atoms with Crippen LogP contribution in [0.2, 0.25) is 0 Å². The molecule has 1 saturated carbocycles. The van der Waals surface area contributed by atoms with Crippen LogP contribution in [0, 0.1) is 21.3 Å². The molecular weight excluding hydrogens is 553 g/mol. The lowest BCUT2D eigenvalue weighted by molar-refractivity contribution is -0.127. The molecule has 3 aliphatic rings. The molecule has 1 aromatic rings. The summed E-state index contributed by atoms with van der Waals surface area (Å²) in [4.78, 5) is 37.3. The van der Waals surface area contributed by atoms with Crippen LogP contribution in [0.5, 0.6) is 5.75 Å². The van der Waals surface area contributed by atoms with E-state index in [1.807, 2.05) is 22.6 Å². The number of nitrogens with two attached hydrogens (primary N) is 1. The highest BCUT2D eigenvalue weighted by Gasteiger charge is 2.51. The number of hydrogen-bond donors (Lipinski definition) is 4. The van der Waals surface area contributed by atoms with E-state index in [4.69, 9.17) is 5.73 Å². The minimum atomic E-state index is -3.48. The van der Waals surface area contributed by atoms with E-state index in [2.05, 4.69) is 0 Å². The van der Waals surface area contributed by atoms with Gasteiger partial charge in [-0.2, -0.15) is 0 Å². The predicted octanol–water partition coefficient (Wildman–Crippen LogP) is 1.46. The zero-order valence-corrected chi connectivity index (χ0v) is 19.9. The number of halogens is 1. The Labute approximate surface area is 197 Å². The van der Waals surface area contributed by atoms with Crippen molar-refractivity contribution in [3.05, 3.63) is 43.2 Å². The first-order chi connectivity index (χ1) is 14.8. The summed E-state index contributed by atoms with van der Waals surface area (Å²) < 4.78 is 24.2. The molecule has 1 amide bonds. The van der Waals surface area contributed by atoms with Crippen LogP contribution in [-0.4, -0.2) is 47.5 Å². The van der Waals surface area contributed by atoms with Crippen molar-refractivity contribution in [3.63, 3.8) is 0 Å². The molecule has 0 bridgehead atoms. The van der Waals surface area contributed by atoms with E-state index in [1.54, 1.807) is 6.07 Å². The predicted molar refractivity (Wildman–Crippen MR) is 121 cm³/mol. The van der Waals surface area contributed by atoms with Crippen LogP contribution in [0.3, 0.4) is 0 Å². The minimum absolute atomic E-state index is 0.000852. The number of benzene rings is 1. The Kier molecular flexibility index (Phi) is 5.39. The average Bonchev–Trinajstić information content (AvgIpc) is 2.63. The molecule has 0 heterocycles. The first-order valence-electron chi connectivity index (χ1n) is 9.76. The summed E-state index contributed by atoms with van der Waals surface area (Å²) in [5.74, 6) is -6.58. The summed E-state index contributed by atoms with van der Waals surface area (Å²) in [6.45, 7) is 0. The van der Waals surface area contributed by atoms with Crippen LogP contribution in [0.4, 0.5) is 0 Å². The topological polar surface area (TPSA) is 172 Å². The molecule has 170 valence electrons. The summed E-state index contributed by atoms with van der Waals surface area (Å²) >= 11 is 1.99. The number of sulfone groups is 1. The fourth-order valence-corrected chi connectivity index (χ4v) is 6.76. The summed E-state index contributed by atoms with van der Waals surface area (Å²) in [6, 6.07) is 1.54. The van der Waals surface area contributed by atoms with Gasteiger partial charge in [0.2, 0.25) is 0 Å². The van der Waals surface area contributed by atoms with Crippen LogP contribution in [0.1, 0.15) is 29.5 Å². The van der Waals surface area contributed by atoms with E-state index < -0.39 is 73.7 Å². The highest BCUT2D eigenvalue weighted by Crippen LogP contribution is 2.51. The van der Waals surface area contributed by atoms with E-state index in [-0.39, 0.29) is 29.5 Å². The lowest BCUT2D eigenvalue weighted by atomic mass is 9.61. The number of aromatic hydroxyl groups is 1. The minimum Gasteiger partial charge on any atom is -0.511 e. The Morgan fingerprint density at radius 1 is 1.22 bits per heavy atom. The molecule has 4 rings (SSSR count). The van der Waals surface area contributed by atoms with Gasteiger partial charge in [0.25, 0.3) is 5.91 Å². The second-order valence-electron chi connectivity index (χ2n) is 8.54. The Morgan fingerprint density at radius 2 is 1.88 bits per heavy atom. The van der Waals surface area contributed by atoms with E-state index in [0.29, 0.717) is 15.6 Å². The van der Waals surface area contributed by atoms with Crippen LogP contribution in [0.25, 0.3) is 5.76 Å². The second kappa shape index (κ2) is 7.58. The molecule has 3 unspecified atom stereocenters. The first kappa shape index (κ1) is 22.8. The van der Waals surface area contributed by atoms with Crippen molar-refractivity contribution in [1.82, 2.24) is 0 Å². The van der Waals surface area contributed by atoms with Crippen molar-refractivity contribution in [1.29, 1.82) is 0 Å². The number of carbonyl (C=O) groups is 3. The Bertz CT molecular complexity index is 1280. The zero-order valence-electron chi connectivity index (χ0n) is 16.9. The van der Waals surface area contributed by atoms with Gasteiger partial charge in [-0.1, -0.05) is 0 Å². The van der Waals surface area contributed by atoms with Gasteiger partial charge in [-0.3, -0.25) is 14.4 Å².